The third-order valence-corrected chi connectivity index (χ3v) is 4.18. The summed E-state index contributed by atoms with van der Waals surface area (Å²) in [6.07, 6.45) is -2.92. The molecule has 28 heavy (non-hydrogen) atoms. The summed E-state index contributed by atoms with van der Waals surface area (Å²) in [4.78, 5) is 14.2. The number of rotatable bonds is 5. The van der Waals surface area contributed by atoms with Gasteiger partial charge in [0.25, 0.3) is 0 Å². The molecule has 0 fully saturated rings. The van der Waals surface area contributed by atoms with E-state index >= 15 is 0 Å². The van der Waals surface area contributed by atoms with E-state index in [1.54, 1.807) is 36.4 Å². The maximum absolute atomic E-state index is 12.7. The van der Waals surface area contributed by atoms with Crippen LogP contribution < -0.4 is 5.32 Å². The minimum atomic E-state index is -4.41. The predicted molar refractivity (Wildman–Crippen MR) is 99.9 cm³/mol. The molecule has 2 amide bonds. The van der Waals surface area contributed by atoms with Gasteiger partial charge in [0, 0.05) is 17.3 Å². The van der Waals surface area contributed by atoms with Gasteiger partial charge in [-0.3, -0.25) is 0 Å². The summed E-state index contributed by atoms with van der Waals surface area (Å²) < 4.78 is 43.5. The smallest absolute Gasteiger partial charge is 0.416 e. The Bertz CT molecular complexity index is 925. The lowest BCUT2D eigenvalue weighted by Crippen LogP contribution is -2.34. The van der Waals surface area contributed by atoms with Gasteiger partial charge >= 0.3 is 12.2 Å². The van der Waals surface area contributed by atoms with Gasteiger partial charge in [0.15, 0.2) is 0 Å². The maximum Gasteiger partial charge on any atom is 0.416 e. The van der Waals surface area contributed by atoms with Crippen molar-refractivity contribution in [2.75, 3.05) is 5.32 Å². The molecule has 0 unspecified atom stereocenters. The van der Waals surface area contributed by atoms with Gasteiger partial charge < -0.3 is 14.6 Å². The molecule has 0 radical (unpaired) electrons. The van der Waals surface area contributed by atoms with Gasteiger partial charge in [0.1, 0.15) is 5.76 Å². The van der Waals surface area contributed by atoms with Crippen LogP contribution in [-0.4, -0.2) is 10.9 Å². The van der Waals surface area contributed by atoms with Crippen molar-refractivity contribution in [2.45, 2.75) is 19.3 Å². The standard InChI is InChI=1S/C20H16ClF3N2O2/c21-16-3-1-4-17(11-16)25-19(27)26(13-18-5-2-10-28-18)12-14-6-8-15(9-7-14)20(22,23)24/h1-11H,12-13H2,(H,25,27). The second-order valence-electron chi connectivity index (χ2n) is 6.07. The molecule has 2 aromatic carbocycles. The van der Waals surface area contributed by atoms with Gasteiger partial charge in [-0.25, -0.2) is 4.79 Å². The first-order chi connectivity index (χ1) is 13.3. The Balaban J connectivity index is 1.77. The normalized spacial score (nSPS) is 11.3. The Morgan fingerprint density at radius 1 is 1.04 bits per heavy atom. The third kappa shape index (κ3) is 5.29. The highest BCUT2D eigenvalue weighted by Crippen LogP contribution is 2.29. The fourth-order valence-electron chi connectivity index (χ4n) is 2.58. The van der Waals surface area contributed by atoms with Crippen molar-refractivity contribution in [3.05, 3.63) is 88.8 Å². The second-order valence-corrected chi connectivity index (χ2v) is 6.51. The van der Waals surface area contributed by atoms with Crippen LogP contribution >= 0.6 is 11.6 Å². The molecule has 0 atom stereocenters. The van der Waals surface area contributed by atoms with E-state index in [0.29, 0.717) is 22.0 Å². The van der Waals surface area contributed by atoms with Gasteiger partial charge in [0.05, 0.1) is 18.4 Å². The Labute approximate surface area is 164 Å². The van der Waals surface area contributed by atoms with Crippen molar-refractivity contribution in [1.82, 2.24) is 4.90 Å². The molecule has 3 rings (SSSR count). The molecule has 0 aliphatic carbocycles. The van der Waals surface area contributed by atoms with Crippen LogP contribution in [0.2, 0.25) is 5.02 Å². The van der Waals surface area contributed by atoms with Gasteiger partial charge in [-0.05, 0) is 48.0 Å². The van der Waals surface area contributed by atoms with Crippen molar-refractivity contribution in [1.29, 1.82) is 0 Å². The number of carbonyl (C=O) groups is 1. The maximum atomic E-state index is 12.7. The van der Waals surface area contributed by atoms with E-state index in [1.165, 1.54) is 23.3 Å². The topological polar surface area (TPSA) is 45.5 Å². The van der Waals surface area contributed by atoms with E-state index in [1.807, 2.05) is 0 Å². The van der Waals surface area contributed by atoms with Gasteiger partial charge in [-0.15, -0.1) is 0 Å². The van der Waals surface area contributed by atoms with E-state index in [0.717, 1.165) is 12.1 Å². The first-order valence-electron chi connectivity index (χ1n) is 8.31. The molecular weight excluding hydrogens is 393 g/mol. The Morgan fingerprint density at radius 3 is 2.39 bits per heavy atom. The number of urea groups is 1. The molecule has 0 saturated heterocycles. The molecule has 1 aromatic heterocycles. The number of nitrogens with zero attached hydrogens (tertiary/aromatic N) is 1. The molecule has 146 valence electrons. The molecule has 3 aromatic rings. The lowest BCUT2D eigenvalue weighted by Gasteiger charge is -2.22. The summed E-state index contributed by atoms with van der Waals surface area (Å²) >= 11 is 5.93. The molecule has 0 aliphatic heterocycles. The Hall–Kier alpha value is -2.93. The van der Waals surface area contributed by atoms with Crippen molar-refractivity contribution in [3.63, 3.8) is 0 Å². The van der Waals surface area contributed by atoms with Crippen LogP contribution in [0.25, 0.3) is 0 Å². The zero-order valence-corrected chi connectivity index (χ0v) is 15.3. The molecule has 4 nitrogen and oxygen atoms in total. The minimum absolute atomic E-state index is 0.102. The number of alkyl halides is 3. The Morgan fingerprint density at radius 2 is 1.79 bits per heavy atom. The summed E-state index contributed by atoms with van der Waals surface area (Å²) in [5, 5.41) is 3.20. The molecule has 0 aliphatic rings. The molecule has 0 saturated carbocycles. The number of hydrogen-bond acceptors (Lipinski definition) is 2. The van der Waals surface area contributed by atoms with Crippen molar-refractivity contribution in [3.8, 4) is 0 Å². The first kappa shape index (κ1) is 19.8. The highest BCUT2D eigenvalue weighted by atomic mass is 35.5. The average molecular weight is 409 g/mol. The number of hydrogen-bond donors (Lipinski definition) is 1. The van der Waals surface area contributed by atoms with Crippen LogP contribution in [-0.2, 0) is 19.3 Å². The molecule has 0 spiro atoms. The third-order valence-electron chi connectivity index (χ3n) is 3.94. The van der Waals surface area contributed by atoms with Gasteiger partial charge in [0.2, 0.25) is 0 Å². The van der Waals surface area contributed by atoms with Gasteiger partial charge in [-0.1, -0.05) is 29.8 Å². The van der Waals surface area contributed by atoms with Crippen LogP contribution in [0.1, 0.15) is 16.9 Å². The second kappa shape index (κ2) is 8.39. The lowest BCUT2D eigenvalue weighted by molar-refractivity contribution is -0.137. The highest BCUT2D eigenvalue weighted by Gasteiger charge is 2.30. The van der Waals surface area contributed by atoms with Crippen LogP contribution in [0.5, 0.6) is 0 Å². The molecule has 0 bridgehead atoms. The van der Waals surface area contributed by atoms with Crippen LogP contribution in [0, 0.1) is 0 Å². The highest BCUT2D eigenvalue weighted by molar-refractivity contribution is 6.30. The number of nitrogens with one attached hydrogen (secondary N) is 1. The largest absolute Gasteiger partial charge is 0.467 e. The summed E-state index contributed by atoms with van der Waals surface area (Å²) in [6, 6.07) is 14.3. The lowest BCUT2D eigenvalue weighted by atomic mass is 10.1. The minimum Gasteiger partial charge on any atom is -0.467 e. The average Bonchev–Trinajstić information content (AvgIpc) is 3.14. The van der Waals surface area contributed by atoms with Gasteiger partial charge in [-0.2, -0.15) is 13.2 Å². The van der Waals surface area contributed by atoms with E-state index in [9.17, 15) is 18.0 Å². The monoisotopic (exact) mass is 408 g/mol. The quantitative estimate of drug-likeness (QED) is 0.547. The zero-order chi connectivity index (χ0) is 20.1. The van der Waals surface area contributed by atoms with Crippen LogP contribution in [0.4, 0.5) is 23.7 Å². The zero-order valence-electron chi connectivity index (χ0n) is 14.5. The fourth-order valence-corrected chi connectivity index (χ4v) is 2.77. The molecule has 1 heterocycles. The SMILES string of the molecule is O=C(Nc1cccc(Cl)c1)N(Cc1ccc(C(F)(F)F)cc1)Cc1ccco1. The summed E-state index contributed by atoms with van der Waals surface area (Å²) in [7, 11) is 0. The van der Waals surface area contributed by atoms with E-state index in [2.05, 4.69) is 5.32 Å². The van der Waals surface area contributed by atoms with E-state index in [-0.39, 0.29) is 13.1 Å². The van der Waals surface area contributed by atoms with Crippen molar-refractivity contribution < 1.29 is 22.4 Å². The van der Waals surface area contributed by atoms with Crippen LogP contribution in [0.3, 0.4) is 0 Å². The summed E-state index contributed by atoms with van der Waals surface area (Å²) in [6.45, 7) is 0.256. The summed E-state index contributed by atoms with van der Waals surface area (Å²) in [5.74, 6) is 0.549. The Kier molecular flexibility index (Phi) is 5.94. The molecule has 8 heteroatoms. The number of amides is 2. The summed E-state index contributed by atoms with van der Waals surface area (Å²) in [5.41, 5.74) is 0.326. The predicted octanol–water partition coefficient (Wildman–Crippen LogP) is 6.19. The van der Waals surface area contributed by atoms with Crippen molar-refractivity contribution >= 4 is 23.3 Å². The fraction of sp³-hybridized carbons (Fsp3) is 0.150. The van der Waals surface area contributed by atoms with E-state index in [4.69, 9.17) is 16.0 Å². The number of benzene rings is 2. The number of carbonyl (C=O) groups excluding carboxylic acids is 1. The molecular formula is C20H16ClF3N2O2. The number of anilines is 1. The first-order valence-corrected chi connectivity index (χ1v) is 8.69. The van der Waals surface area contributed by atoms with Crippen molar-refractivity contribution in [2.24, 2.45) is 0 Å². The molecule has 1 N–H and O–H groups in total. The number of furan rings is 1. The van der Waals surface area contributed by atoms with Crippen LogP contribution in [0.15, 0.2) is 71.3 Å². The number of halogens is 4. The van der Waals surface area contributed by atoms with E-state index < -0.39 is 17.8 Å².